The fraction of sp³-hybridized carbons (Fsp3) is 0.308. The standard InChI is InChI=1S/C26H30/c1-25(2,3)23-16-14-20(15-17-23)19-10-12-21(13-11-19)22-8-7-9-24(18-22)26(4,5)6/h7-18H,1-6H3. The zero-order valence-corrected chi connectivity index (χ0v) is 16.9. The Morgan fingerprint density at radius 1 is 0.423 bits per heavy atom. The zero-order valence-electron chi connectivity index (χ0n) is 16.9. The summed E-state index contributed by atoms with van der Waals surface area (Å²) in [6.45, 7) is 13.5. The Labute approximate surface area is 158 Å². The Morgan fingerprint density at radius 2 is 0.846 bits per heavy atom. The number of benzene rings is 3. The van der Waals surface area contributed by atoms with Gasteiger partial charge in [-0.15, -0.1) is 0 Å². The Morgan fingerprint density at radius 3 is 1.31 bits per heavy atom. The zero-order chi connectivity index (χ0) is 18.9. The molecule has 0 saturated heterocycles. The van der Waals surface area contributed by atoms with E-state index in [0.717, 1.165) is 0 Å². The highest BCUT2D eigenvalue weighted by atomic mass is 14.2. The quantitative estimate of drug-likeness (QED) is 0.449. The van der Waals surface area contributed by atoms with Gasteiger partial charge in [0.25, 0.3) is 0 Å². The molecule has 0 heterocycles. The van der Waals surface area contributed by atoms with Crippen molar-refractivity contribution < 1.29 is 0 Å². The maximum absolute atomic E-state index is 2.31. The van der Waals surface area contributed by atoms with E-state index < -0.39 is 0 Å². The van der Waals surface area contributed by atoms with Gasteiger partial charge >= 0.3 is 0 Å². The van der Waals surface area contributed by atoms with Gasteiger partial charge in [0, 0.05) is 0 Å². The Hall–Kier alpha value is -2.34. The van der Waals surface area contributed by atoms with Gasteiger partial charge in [0.2, 0.25) is 0 Å². The molecule has 0 radical (unpaired) electrons. The van der Waals surface area contributed by atoms with E-state index in [0.29, 0.717) is 0 Å². The van der Waals surface area contributed by atoms with E-state index in [2.05, 4.69) is 114 Å². The molecule has 26 heavy (non-hydrogen) atoms. The summed E-state index contributed by atoms with van der Waals surface area (Å²) in [5.41, 5.74) is 8.20. The van der Waals surface area contributed by atoms with Crippen molar-refractivity contribution in [1.29, 1.82) is 0 Å². The summed E-state index contributed by atoms with van der Waals surface area (Å²) in [6.07, 6.45) is 0. The van der Waals surface area contributed by atoms with E-state index in [1.807, 2.05) is 0 Å². The van der Waals surface area contributed by atoms with Crippen LogP contribution in [-0.4, -0.2) is 0 Å². The minimum atomic E-state index is 0.171. The molecular weight excluding hydrogens is 312 g/mol. The summed E-state index contributed by atoms with van der Waals surface area (Å²) in [5, 5.41) is 0. The van der Waals surface area contributed by atoms with E-state index in [1.165, 1.54) is 33.4 Å². The first-order valence-electron chi connectivity index (χ1n) is 9.46. The Kier molecular flexibility index (Phi) is 4.80. The molecule has 0 aromatic heterocycles. The molecule has 0 aliphatic carbocycles. The molecule has 0 N–H and O–H groups in total. The van der Waals surface area contributed by atoms with Crippen molar-refractivity contribution in [2.75, 3.05) is 0 Å². The molecule has 0 unspecified atom stereocenters. The van der Waals surface area contributed by atoms with Crippen LogP contribution in [-0.2, 0) is 10.8 Å². The second kappa shape index (κ2) is 6.76. The maximum Gasteiger partial charge on any atom is -0.0132 e. The van der Waals surface area contributed by atoms with Gasteiger partial charge in [0.15, 0.2) is 0 Å². The normalized spacial score (nSPS) is 12.2. The topological polar surface area (TPSA) is 0 Å². The summed E-state index contributed by atoms with van der Waals surface area (Å²) in [5.74, 6) is 0. The average molecular weight is 343 g/mol. The lowest BCUT2D eigenvalue weighted by Crippen LogP contribution is -2.10. The smallest absolute Gasteiger partial charge is 0.0132 e. The van der Waals surface area contributed by atoms with E-state index >= 15 is 0 Å². The molecular formula is C26H30. The highest BCUT2D eigenvalue weighted by Crippen LogP contribution is 2.30. The molecule has 0 spiro atoms. The third kappa shape index (κ3) is 4.07. The van der Waals surface area contributed by atoms with Gasteiger partial charge in [-0.05, 0) is 44.2 Å². The van der Waals surface area contributed by atoms with Crippen LogP contribution in [0.25, 0.3) is 22.3 Å². The van der Waals surface area contributed by atoms with Crippen LogP contribution in [0.5, 0.6) is 0 Å². The van der Waals surface area contributed by atoms with Crippen LogP contribution in [0.15, 0.2) is 72.8 Å². The largest absolute Gasteiger partial charge is 0.0614 e. The molecule has 3 rings (SSSR count). The first-order valence-corrected chi connectivity index (χ1v) is 9.46. The average Bonchev–Trinajstić information content (AvgIpc) is 2.61. The van der Waals surface area contributed by atoms with E-state index in [9.17, 15) is 0 Å². The van der Waals surface area contributed by atoms with Crippen LogP contribution in [0, 0.1) is 0 Å². The molecule has 3 aromatic carbocycles. The molecule has 0 saturated carbocycles. The van der Waals surface area contributed by atoms with Crippen LogP contribution in [0.3, 0.4) is 0 Å². The van der Waals surface area contributed by atoms with Gasteiger partial charge < -0.3 is 0 Å². The monoisotopic (exact) mass is 342 g/mol. The third-order valence-electron chi connectivity index (χ3n) is 5.03. The van der Waals surface area contributed by atoms with Crippen LogP contribution >= 0.6 is 0 Å². The predicted molar refractivity (Wildman–Crippen MR) is 115 cm³/mol. The van der Waals surface area contributed by atoms with E-state index in [1.54, 1.807) is 0 Å². The Balaban J connectivity index is 1.87. The molecule has 0 amide bonds. The van der Waals surface area contributed by atoms with Crippen LogP contribution < -0.4 is 0 Å². The van der Waals surface area contributed by atoms with Crippen molar-refractivity contribution in [2.45, 2.75) is 52.4 Å². The van der Waals surface area contributed by atoms with Gasteiger partial charge in [-0.25, -0.2) is 0 Å². The summed E-state index contributed by atoms with van der Waals surface area (Å²) < 4.78 is 0. The van der Waals surface area contributed by atoms with Crippen molar-refractivity contribution in [3.05, 3.63) is 83.9 Å². The lowest BCUT2D eigenvalue weighted by molar-refractivity contribution is 0.590. The minimum Gasteiger partial charge on any atom is -0.0614 e. The second-order valence-corrected chi connectivity index (χ2v) is 9.24. The summed E-state index contributed by atoms with van der Waals surface area (Å²) >= 11 is 0. The highest BCUT2D eigenvalue weighted by Gasteiger charge is 2.14. The second-order valence-electron chi connectivity index (χ2n) is 9.24. The van der Waals surface area contributed by atoms with Gasteiger partial charge in [0.1, 0.15) is 0 Å². The molecule has 0 fully saturated rings. The lowest BCUT2D eigenvalue weighted by Gasteiger charge is -2.20. The van der Waals surface area contributed by atoms with Crippen molar-refractivity contribution in [1.82, 2.24) is 0 Å². The fourth-order valence-electron chi connectivity index (χ4n) is 3.18. The van der Waals surface area contributed by atoms with Crippen LogP contribution in [0.2, 0.25) is 0 Å². The number of rotatable bonds is 2. The van der Waals surface area contributed by atoms with Crippen LogP contribution in [0.1, 0.15) is 52.7 Å². The molecule has 0 atom stereocenters. The van der Waals surface area contributed by atoms with Gasteiger partial charge in [0.05, 0.1) is 0 Å². The number of hydrogen-bond donors (Lipinski definition) is 0. The number of hydrogen-bond acceptors (Lipinski definition) is 0. The SMILES string of the molecule is CC(C)(C)c1ccc(-c2ccc(-c3cccc(C(C)(C)C)c3)cc2)cc1. The maximum atomic E-state index is 2.31. The molecule has 3 aromatic rings. The minimum absolute atomic E-state index is 0.171. The molecule has 0 aliphatic heterocycles. The molecule has 0 nitrogen and oxygen atoms in total. The van der Waals surface area contributed by atoms with Crippen molar-refractivity contribution in [3.63, 3.8) is 0 Å². The summed E-state index contributed by atoms with van der Waals surface area (Å²) in [4.78, 5) is 0. The van der Waals surface area contributed by atoms with Gasteiger partial charge in [-0.2, -0.15) is 0 Å². The first kappa shape index (κ1) is 18.5. The molecule has 134 valence electrons. The third-order valence-corrected chi connectivity index (χ3v) is 5.03. The van der Waals surface area contributed by atoms with Crippen molar-refractivity contribution in [3.8, 4) is 22.3 Å². The highest BCUT2D eigenvalue weighted by molar-refractivity contribution is 5.71. The molecule has 0 aliphatic rings. The fourth-order valence-corrected chi connectivity index (χ4v) is 3.18. The molecule has 0 heteroatoms. The summed E-state index contributed by atoms with van der Waals surface area (Å²) in [6, 6.07) is 26.8. The van der Waals surface area contributed by atoms with E-state index in [4.69, 9.17) is 0 Å². The first-order chi connectivity index (χ1) is 12.1. The van der Waals surface area contributed by atoms with Crippen molar-refractivity contribution in [2.24, 2.45) is 0 Å². The van der Waals surface area contributed by atoms with Gasteiger partial charge in [-0.3, -0.25) is 0 Å². The predicted octanol–water partition coefficient (Wildman–Crippen LogP) is 7.62. The van der Waals surface area contributed by atoms with E-state index in [-0.39, 0.29) is 10.8 Å². The van der Waals surface area contributed by atoms with Crippen LogP contribution in [0.4, 0.5) is 0 Å². The van der Waals surface area contributed by atoms with Crippen molar-refractivity contribution >= 4 is 0 Å². The Bertz CT molecular complexity index is 867. The van der Waals surface area contributed by atoms with Gasteiger partial charge in [-0.1, -0.05) is 114 Å². The summed E-state index contributed by atoms with van der Waals surface area (Å²) in [7, 11) is 0. The molecule has 0 bridgehead atoms. The lowest BCUT2D eigenvalue weighted by atomic mass is 9.85.